The fourth-order valence-corrected chi connectivity index (χ4v) is 1.36. The molecule has 2 N–H and O–H groups in total. The second-order valence-electron chi connectivity index (χ2n) is 3.20. The van der Waals surface area contributed by atoms with Gasteiger partial charge in [-0.2, -0.15) is 0 Å². The number of rotatable bonds is 0. The Balaban J connectivity index is 0.000000212. The van der Waals surface area contributed by atoms with Crippen LogP contribution in [0.1, 0.15) is 6.92 Å². The highest BCUT2D eigenvalue weighted by Gasteiger charge is 2.13. The van der Waals surface area contributed by atoms with Gasteiger partial charge in [-0.15, -0.1) is 0 Å². The fraction of sp³-hybridized carbons (Fsp3) is 0.200. The maximum atomic E-state index is 9.22. The van der Waals surface area contributed by atoms with Crippen molar-refractivity contribution in [2.75, 3.05) is 6.73 Å². The molecule has 1 amide bonds. The van der Waals surface area contributed by atoms with Crippen molar-refractivity contribution < 1.29 is 9.53 Å². The van der Waals surface area contributed by atoms with Gasteiger partial charge >= 0.3 is 0 Å². The van der Waals surface area contributed by atoms with Gasteiger partial charge in [-0.3, -0.25) is 4.79 Å². The van der Waals surface area contributed by atoms with E-state index in [4.69, 9.17) is 4.74 Å². The third-order valence-electron chi connectivity index (χ3n) is 1.92. The molecule has 0 aromatic heterocycles. The smallest absolute Gasteiger partial charge is 0.214 e. The largest absolute Gasteiger partial charge is 0.467 e. The number of nitrogens with two attached hydrogens (primary N) is 1. The standard InChI is InChI=1S/C8H5N3O.C2H5NO/c1-2-6-8(12-4-11-6)7-5(1)9-3-10-7;1-2(3)4/h1-3H,4H2;1H3,(H2,3,4). The van der Waals surface area contributed by atoms with Gasteiger partial charge in [0.2, 0.25) is 5.91 Å². The summed E-state index contributed by atoms with van der Waals surface area (Å²) in [5.41, 5.74) is 5.29. The van der Waals surface area contributed by atoms with Gasteiger partial charge < -0.3 is 10.5 Å². The number of benzene rings is 1. The van der Waals surface area contributed by atoms with Crippen molar-refractivity contribution in [2.45, 2.75) is 6.92 Å². The monoisotopic (exact) mass is 218 g/mol. The van der Waals surface area contributed by atoms with Crippen LogP contribution in [0.5, 0.6) is 5.75 Å². The van der Waals surface area contributed by atoms with E-state index in [1.807, 2.05) is 12.1 Å². The molecule has 0 saturated heterocycles. The van der Waals surface area contributed by atoms with E-state index in [1.54, 1.807) is 0 Å². The number of nitrogens with zero attached hydrogens (tertiary/aromatic N) is 3. The lowest BCUT2D eigenvalue weighted by atomic mass is 10.3. The molecule has 1 aromatic rings. The van der Waals surface area contributed by atoms with Gasteiger partial charge in [-0.25, -0.2) is 15.0 Å². The summed E-state index contributed by atoms with van der Waals surface area (Å²) in [4.78, 5) is 21.5. The second-order valence-corrected chi connectivity index (χ2v) is 3.20. The van der Waals surface area contributed by atoms with E-state index in [0.717, 1.165) is 22.2 Å². The van der Waals surface area contributed by atoms with Crippen molar-refractivity contribution in [2.24, 2.45) is 20.7 Å². The number of primary amides is 1. The molecule has 0 fully saturated rings. The summed E-state index contributed by atoms with van der Waals surface area (Å²) in [5, 5.41) is 1.74. The number of carbonyl (C=O) groups is 1. The summed E-state index contributed by atoms with van der Waals surface area (Å²) in [6, 6.07) is 3.80. The SMILES string of the molecule is C1=Nc2c3c(ccc2=N1)=NCO3.CC(N)=O. The molecule has 0 saturated carbocycles. The average Bonchev–Trinajstić information content (AvgIpc) is 2.84. The van der Waals surface area contributed by atoms with Gasteiger partial charge in [0.05, 0.1) is 5.36 Å². The van der Waals surface area contributed by atoms with Crippen LogP contribution in [0.25, 0.3) is 0 Å². The molecule has 0 spiro atoms. The van der Waals surface area contributed by atoms with E-state index in [1.165, 1.54) is 13.3 Å². The summed E-state index contributed by atoms with van der Waals surface area (Å²) in [7, 11) is 0. The molecular weight excluding hydrogens is 208 g/mol. The van der Waals surface area contributed by atoms with E-state index >= 15 is 0 Å². The summed E-state index contributed by atoms with van der Waals surface area (Å²) in [6.45, 7) is 1.71. The number of hydrogen-bond acceptors (Lipinski definition) is 5. The molecule has 1 aromatic carbocycles. The lowest BCUT2D eigenvalue weighted by Gasteiger charge is -1.96. The molecule has 0 atom stereocenters. The first-order chi connectivity index (χ1) is 7.68. The molecule has 3 rings (SSSR count). The lowest BCUT2D eigenvalue weighted by Crippen LogP contribution is -2.07. The minimum Gasteiger partial charge on any atom is -0.467 e. The zero-order valence-corrected chi connectivity index (χ0v) is 8.67. The number of hydrogen-bond donors (Lipinski definition) is 1. The van der Waals surface area contributed by atoms with E-state index in [-0.39, 0.29) is 5.91 Å². The minimum absolute atomic E-state index is 0.333. The Morgan fingerprint density at radius 2 is 2.12 bits per heavy atom. The van der Waals surface area contributed by atoms with Crippen molar-refractivity contribution in [3.8, 4) is 5.75 Å². The van der Waals surface area contributed by atoms with Crippen molar-refractivity contribution in [1.82, 2.24) is 0 Å². The van der Waals surface area contributed by atoms with E-state index in [0.29, 0.717) is 6.73 Å². The Labute approximate surface area is 91.2 Å². The number of fused-ring (bicyclic) bond motifs is 3. The molecule has 6 nitrogen and oxygen atoms in total. The van der Waals surface area contributed by atoms with Gasteiger partial charge in [-0.1, -0.05) is 0 Å². The van der Waals surface area contributed by atoms with Crippen LogP contribution in [0, 0.1) is 0 Å². The highest BCUT2D eigenvalue weighted by Crippen LogP contribution is 2.21. The zero-order valence-electron chi connectivity index (χ0n) is 8.67. The van der Waals surface area contributed by atoms with Crippen molar-refractivity contribution in [3.05, 3.63) is 22.8 Å². The van der Waals surface area contributed by atoms with E-state index in [9.17, 15) is 4.79 Å². The average molecular weight is 218 g/mol. The number of ether oxygens (including phenoxy) is 1. The van der Waals surface area contributed by atoms with Crippen LogP contribution >= 0.6 is 0 Å². The molecule has 2 aliphatic heterocycles. The molecule has 0 radical (unpaired) electrons. The van der Waals surface area contributed by atoms with Gasteiger partial charge in [-0.05, 0) is 12.1 Å². The first-order valence-electron chi connectivity index (χ1n) is 4.65. The Morgan fingerprint density at radius 3 is 2.88 bits per heavy atom. The van der Waals surface area contributed by atoms with E-state index < -0.39 is 0 Å². The minimum atomic E-state index is -0.333. The number of aliphatic imine (C=N–C) groups is 1. The van der Waals surface area contributed by atoms with Gasteiger partial charge in [0.25, 0.3) is 0 Å². The Kier molecular flexibility index (Phi) is 2.63. The van der Waals surface area contributed by atoms with Crippen LogP contribution in [0.4, 0.5) is 5.69 Å². The third kappa shape index (κ3) is 1.90. The summed E-state index contributed by atoms with van der Waals surface area (Å²) < 4.78 is 5.30. The van der Waals surface area contributed by atoms with Crippen LogP contribution < -0.4 is 21.2 Å². The van der Waals surface area contributed by atoms with Crippen LogP contribution in [0.3, 0.4) is 0 Å². The highest BCUT2D eigenvalue weighted by molar-refractivity contribution is 5.70. The second kappa shape index (κ2) is 4.09. The van der Waals surface area contributed by atoms with Gasteiger partial charge in [0.15, 0.2) is 12.5 Å². The highest BCUT2D eigenvalue weighted by atomic mass is 16.5. The number of carbonyl (C=O) groups excluding carboxylic acids is 1. The van der Waals surface area contributed by atoms with Gasteiger partial charge in [0, 0.05) is 6.92 Å². The Morgan fingerprint density at radius 1 is 1.44 bits per heavy atom. The van der Waals surface area contributed by atoms with Crippen LogP contribution in [0.15, 0.2) is 27.1 Å². The molecule has 0 aliphatic carbocycles. The normalized spacial score (nSPS) is 13.6. The molecular formula is C10H10N4O2. The summed E-state index contributed by atoms with van der Waals surface area (Å²) in [5.74, 6) is 0.435. The summed E-state index contributed by atoms with van der Waals surface area (Å²) >= 11 is 0. The third-order valence-corrected chi connectivity index (χ3v) is 1.92. The predicted octanol–water partition coefficient (Wildman–Crippen LogP) is -0.559. The molecule has 2 heterocycles. The molecule has 0 bridgehead atoms. The van der Waals surface area contributed by atoms with Crippen molar-refractivity contribution in [1.29, 1.82) is 0 Å². The molecule has 2 aliphatic rings. The van der Waals surface area contributed by atoms with Crippen LogP contribution in [-0.4, -0.2) is 19.0 Å². The van der Waals surface area contributed by atoms with Crippen LogP contribution in [0.2, 0.25) is 0 Å². The molecule has 6 heteroatoms. The quantitative estimate of drug-likeness (QED) is 0.632. The first-order valence-corrected chi connectivity index (χ1v) is 4.65. The van der Waals surface area contributed by atoms with Crippen molar-refractivity contribution >= 4 is 17.9 Å². The van der Waals surface area contributed by atoms with Crippen molar-refractivity contribution in [3.63, 3.8) is 0 Å². The first kappa shape index (κ1) is 10.3. The van der Waals surface area contributed by atoms with Crippen LogP contribution in [-0.2, 0) is 4.79 Å². The molecule has 16 heavy (non-hydrogen) atoms. The topological polar surface area (TPSA) is 89.4 Å². The number of amides is 1. The van der Waals surface area contributed by atoms with Gasteiger partial charge in [0.1, 0.15) is 17.4 Å². The molecule has 0 unspecified atom stereocenters. The lowest BCUT2D eigenvalue weighted by molar-refractivity contribution is -0.115. The molecule has 82 valence electrons. The Bertz CT molecular complexity index is 573. The Hall–Kier alpha value is -2.24. The maximum Gasteiger partial charge on any atom is 0.214 e. The maximum absolute atomic E-state index is 9.22. The van der Waals surface area contributed by atoms with E-state index in [2.05, 4.69) is 20.7 Å². The summed E-state index contributed by atoms with van der Waals surface area (Å²) in [6.07, 6.45) is 1.53. The predicted molar refractivity (Wildman–Crippen MR) is 57.3 cm³/mol. The zero-order chi connectivity index (χ0) is 11.5. The fourth-order valence-electron chi connectivity index (χ4n) is 1.36.